The van der Waals surface area contributed by atoms with Gasteiger partial charge in [0.1, 0.15) is 11.4 Å². The molecule has 4 rings (SSSR count). The molecule has 0 amide bonds. The summed E-state index contributed by atoms with van der Waals surface area (Å²) in [5.41, 5.74) is 0.715. The topological polar surface area (TPSA) is 125 Å². The first kappa shape index (κ1) is 20.3. The molecule has 2 aromatic heterocycles. The first-order valence-corrected chi connectivity index (χ1v) is 9.66. The van der Waals surface area contributed by atoms with Crippen molar-refractivity contribution in [1.82, 2.24) is 14.8 Å². The van der Waals surface area contributed by atoms with E-state index in [9.17, 15) is 14.9 Å². The third-order valence-corrected chi connectivity index (χ3v) is 4.54. The Labute approximate surface area is 177 Å². The SMILES string of the molecule is CC(C)(C)OC(=O)n1ncc2cc(Nc3ncc(C4C=C([N+](=O)[O-])C=CC4)o3)ccc21. The number of oxazole rings is 1. The van der Waals surface area contributed by atoms with E-state index in [-0.39, 0.29) is 17.6 Å². The number of aromatic nitrogens is 3. The van der Waals surface area contributed by atoms with Gasteiger partial charge in [0, 0.05) is 29.1 Å². The number of carbonyl (C=O) groups is 1. The second kappa shape index (κ2) is 7.71. The molecular weight excluding hydrogens is 402 g/mol. The standard InChI is InChI=1S/C21H21N5O5/c1-21(2,3)31-20(27)25-17-8-7-15(9-14(17)11-23-25)24-19-22-12-18(30-19)13-5-4-6-16(10-13)26(28)29/h4,6-13H,5H2,1-3H3,(H,22,24). The van der Waals surface area contributed by atoms with Crippen LogP contribution >= 0.6 is 0 Å². The maximum atomic E-state index is 12.3. The van der Waals surface area contributed by atoms with Gasteiger partial charge in [0.25, 0.3) is 11.7 Å². The molecule has 160 valence electrons. The summed E-state index contributed by atoms with van der Waals surface area (Å²) in [5.74, 6) is 0.285. The number of carbonyl (C=O) groups excluding carboxylic acids is 1. The Kier molecular flexibility index (Phi) is 5.05. The Morgan fingerprint density at radius 3 is 2.90 bits per heavy atom. The highest BCUT2D eigenvalue weighted by Gasteiger charge is 2.22. The molecule has 1 N–H and O–H groups in total. The quantitative estimate of drug-likeness (QED) is 0.470. The van der Waals surface area contributed by atoms with Gasteiger partial charge >= 0.3 is 6.09 Å². The lowest BCUT2D eigenvalue weighted by Gasteiger charge is -2.19. The summed E-state index contributed by atoms with van der Waals surface area (Å²) < 4.78 is 12.3. The Morgan fingerprint density at radius 1 is 1.35 bits per heavy atom. The normalized spacial score (nSPS) is 16.2. The van der Waals surface area contributed by atoms with Crippen LogP contribution in [0.1, 0.15) is 38.9 Å². The van der Waals surface area contributed by atoms with Crippen molar-refractivity contribution in [2.75, 3.05) is 5.32 Å². The molecule has 1 aliphatic rings. The third kappa shape index (κ3) is 4.47. The number of hydrogen-bond acceptors (Lipinski definition) is 8. The number of ether oxygens (including phenoxy) is 1. The van der Waals surface area contributed by atoms with Gasteiger partial charge in [0.2, 0.25) is 0 Å². The molecule has 0 bridgehead atoms. The van der Waals surface area contributed by atoms with Crippen LogP contribution in [-0.2, 0) is 4.74 Å². The van der Waals surface area contributed by atoms with E-state index in [1.54, 1.807) is 63.5 Å². The van der Waals surface area contributed by atoms with Gasteiger partial charge in [0.15, 0.2) is 0 Å². The van der Waals surface area contributed by atoms with Crippen molar-refractivity contribution in [2.45, 2.75) is 38.7 Å². The number of nitrogens with one attached hydrogen (secondary N) is 1. The lowest BCUT2D eigenvalue weighted by atomic mass is 9.97. The van der Waals surface area contributed by atoms with Crippen LogP contribution in [0.5, 0.6) is 0 Å². The maximum Gasteiger partial charge on any atom is 0.435 e. The van der Waals surface area contributed by atoms with Crippen molar-refractivity contribution < 1.29 is 18.9 Å². The molecule has 31 heavy (non-hydrogen) atoms. The van der Waals surface area contributed by atoms with Gasteiger partial charge in [0.05, 0.1) is 22.8 Å². The second-order valence-corrected chi connectivity index (χ2v) is 8.10. The van der Waals surface area contributed by atoms with Gasteiger partial charge in [-0.05, 0) is 45.4 Å². The van der Waals surface area contributed by atoms with E-state index in [2.05, 4.69) is 15.4 Å². The number of nitro groups is 1. The smallest absolute Gasteiger partial charge is 0.435 e. The molecule has 0 aliphatic heterocycles. The van der Waals surface area contributed by atoms with Crippen LogP contribution in [0.25, 0.3) is 10.9 Å². The van der Waals surface area contributed by atoms with E-state index in [0.717, 1.165) is 5.39 Å². The average Bonchev–Trinajstić information content (AvgIpc) is 3.33. The van der Waals surface area contributed by atoms with Crippen LogP contribution in [0, 0.1) is 10.1 Å². The number of hydrogen-bond donors (Lipinski definition) is 1. The van der Waals surface area contributed by atoms with Crippen LogP contribution in [0.3, 0.4) is 0 Å². The lowest BCUT2D eigenvalue weighted by molar-refractivity contribution is -0.419. The summed E-state index contributed by atoms with van der Waals surface area (Å²) in [7, 11) is 0. The van der Waals surface area contributed by atoms with Crippen molar-refractivity contribution in [3.8, 4) is 0 Å². The van der Waals surface area contributed by atoms with E-state index in [4.69, 9.17) is 9.15 Å². The summed E-state index contributed by atoms with van der Waals surface area (Å²) in [6.45, 7) is 5.38. The highest BCUT2D eigenvalue weighted by Crippen LogP contribution is 2.30. The number of allylic oxidation sites excluding steroid dienone is 3. The molecule has 0 fully saturated rings. The minimum Gasteiger partial charge on any atom is -0.442 e. The molecular formula is C21H21N5O5. The molecule has 0 spiro atoms. The van der Waals surface area contributed by atoms with E-state index in [1.807, 2.05) is 0 Å². The summed E-state index contributed by atoms with van der Waals surface area (Å²) in [5, 5.41) is 18.9. The summed E-state index contributed by atoms with van der Waals surface area (Å²) in [6, 6.07) is 5.58. The minimum absolute atomic E-state index is 0.0367. The molecule has 1 aliphatic carbocycles. The molecule has 0 saturated carbocycles. The van der Waals surface area contributed by atoms with Crippen molar-refractivity contribution in [2.24, 2.45) is 0 Å². The summed E-state index contributed by atoms with van der Waals surface area (Å²) in [4.78, 5) is 27.1. The first-order chi connectivity index (χ1) is 14.7. The highest BCUT2D eigenvalue weighted by molar-refractivity contribution is 5.90. The number of nitrogens with zero attached hydrogens (tertiary/aromatic N) is 4. The van der Waals surface area contributed by atoms with Crippen molar-refractivity contribution in [3.63, 3.8) is 0 Å². The van der Waals surface area contributed by atoms with E-state index in [0.29, 0.717) is 23.4 Å². The van der Waals surface area contributed by atoms with Crippen LogP contribution in [0.15, 0.2) is 58.9 Å². The lowest BCUT2D eigenvalue weighted by Crippen LogP contribution is -2.27. The van der Waals surface area contributed by atoms with Gasteiger partial charge < -0.3 is 14.5 Å². The Bertz CT molecular complexity index is 1210. The maximum absolute atomic E-state index is 12.3. The average molecular weight is 423 g/mol. The monoisotopic (exact) mass is 423 g/mol. The minimum atomic E-state index is -0.622. The number of fused-ring (bicyclic) bond motifs is 1. The molecule has 1 unspecified atom stereocenters. The molecule has 3 aromatic rings. The molecule has 2 heterocycles. The zero-order valence-electron chi connectivity index (χ0n) is 17.2. The molecule has 10 nitrogen and oxygen atoms in total. The van der Waals surface area contributed by atoms with Crippen molar-refractivity contribution >= 4 is 28.7 Å². The van der Waals surface area contributed by atoms with E-state index in [1.165, 1.54) is 10.8 Å². The van der Waals surface area contributed by atoms with Gasteiger partial charge in [-0.15, -0.1) is 0 Å². The molecule has 0 saturated heterocycles. The van der Waals surface area contributed by atoms with Gasteiger partial charge in [-0.1, -0.05) is 6.08 Å². The zero-order valence-corrected chi connectivity index (χ0v) is 17.2. The molecule has 0 radical (unpaired) electrons. The largest absolute Gasteiger partial charge is 0.442 e. The highest BCUT2D eigenvalue weighted by atomic mass is 16.6. The number of anilines is 2. The first-order valence-electron chi connectivity index (χ1n) is 9.66. The predicted octanol–water partition coefficient (Wildman–Crippen LogP) is 4.76. The summed E-state index contributed by atoms with van der Waals surface area (Å²) in [6.07, 6.45) is 7.96. The fourth-order valence-corrected chi connectivity index (χ4v) is 3.19. The van der Waals surface area contributed by atoms with Crippen molar-refractivity contribution in [1.29, 1.82) is 0 Å². The van der Waals surface area contributed by atoms with Crippen LogP contribution in [0.2, 0.25) is 0 Å². The summed E-state index contributed by atoms with van der Waals surface area (Å²) >= 11 is 0. The van der Waals surface area contributed by atoms with E-state index < -0.39 is 16.6 Å². The van der Waals surface area contributed by atoms with Crippen LogP contribution in [0.4, 0.5) is 16.5 Å². The zero-order chi connectivity index (χ0) is 22.2. The molecule has 1 aromatic carbocycles. The van der Waals surface area contributed by atoms with Crippen LogP contribution < -0.4 is 5.32 Å². The van der Waals surface area contributed by atoms with Crippen LogP contribution in [-0.4, -0.2) is 31.4 Å². The fraction of sp³-hybridized carbons (Fsp3) is 0.286. The van der Waals surface area contributed by atoms with Gasteiger partial charge in [-0.3, -0.25) is 10.1 Å². The Morgan fingerprint density at radius 2 is 2.16 bits per heavy atom. The van der Waals surface area contributed by atoms with Crippen molar-refractivity contribution in [3.05, 3.63) is 70.4 Å². The fourth-order valence-electron chi connectivity index (χ4n) is 3.19. The molecule has 10 heteroatoms. The van der Waals surface area contributed by atoms with Gasteiger partial charge in [-0.25, -0.2) is 9.78 Å². The Hall–Kier alpha value is -3.95. The van der Waals surface area contributed by atoms with E-state index >= 15 is 0 Å². The Balaban J connectivity index is 1.51. The number of rotatable bonds is 4. The predicted molar refractivity (Wildman–Crippen MR) is 113 cm³/mol. The van der Waals surface area contributed by atoms with Gasteiger partial charge in [-0.2, -0.15) is 9.78 Å². The molecule has 1 atom stereocenters. The third-order valence-electron chi connectivity index (χ3n) is 4.54. The number of benzene rings is 1. The second-order valence-electron chi connectivity index (χ2n) is 8.10.